The van der Waals surface area contributed by atoms with E-state index in [1.807, 2.05) is 58.7 Å². The zero-order chi connectivity index (χ0) is 25.5. The number of methoxy groups -OCH3 is 2. The molecule has 2 aliphatic heterocycles. The third kappa shape index (κ3) is 4.26. The molecule has 0 radical (unpaired) electrons. The molecule has 0 spiro atoms. The summed E-state index contributed by atoms with van der Waals surface area (Å²) in [5, 5.41) is 4.35. The second-order valence-electron chi connectivity index (χ2n) is 9.55. The van der Waals surface area contributed by atoms with Gasteiger partial charge in [-0.05, 0) is 61.0 Å². The average molecular weight is 515 g/mol. The minimum atomic E-state index is -0.294. The Bertz CT molecular complexity index is 1460. The largest absolute Gasteiger partial charge is 0.497 e. The van der Waals surface area contributed by atoms with Gasteiger partial charge in [-0.25, -0.2) is 4.79 Å². The minimum Gasteiger partial charge on any atom is -0.497 e. The van der Waals surface area contributed by atoms with E-state index >= 15 is 0 Å². The van der Waals surface area contributed by atoms with Crippen LogP contribution in [0, 0.1) is 0 Å². The molecule has 0 aliphatic carbocycles. The SMILES string of the molecule is COc1cccc(NC(=O)N2Cc3c(sc4c3CCN(C)C4)-n3cccc3C2c2cccc(OC)c2)c1. The van der Waals surface area contributed by atoms with Crippen LogP contribution in [-0.2, 0) is 19.5 Å². The van der Waals surface area contributed by atoms with Gasteiger partial charge >= 0.3 is 6.03 Å². The molecule has 0 saturated heterocycles. The standard InChI is InChI=1S/C29H30N4O3S/c1-31-14-12-23-24-17-33(29(34)30-20-8-5-10-22(16-20)36-3)27(19-7-4-9-21(15-19)35-2)25-11-6-13-32(25)28(24)37-26(23)18-31/h4-11,13,15-16,27H,12,14,17-18H2,1-3H3,(H,30,34). The van der Waals surface area contributed by atoms with Crippen molar-refractivity contribution in [3.05, 3.63) is 94.1 Å². The number of nitrogens with zero attached hydrogens (tertiary/aromatic N) is 3. The van der Waals surface area contributed by atoms with Crippen molar-refractivity contribution in [2.45, 2.75) is 25.6 Å². The Hall–Kier alpha value is -3.75. The van der Waals surface area contributed by atoms with E-state index in [9.17, 15) is 4.79 Å². The molecule has 1 atom stereocenters. The molecule has 4 aromatic rings. The Labute approximate surface area is 220 Å². The number of ether oxygens (including phenoxy) is 2. The number of nitrogens with one attached hydrogen (secondary N) is 1. The highest BCUT2D eigenvalue weighted by molar-refractivity contribution is 7.15. The van der Waals surface area contributed by atoms with E-state index < -0.39 is 0 Å². The fraction of sp³-hybridized carbons (Fsp3) is 0.276. The van der Waals surface area contributed by atoms with Crippen molar-refractivity contribution in [1.29, 1.82) is 0 Å². The maximum Gasteiger partial charge on any atom is 0.322 e. The molecule has 8 heteroatoms. The lowest BCUT2D eigenvalue weighted by Gasteiger charge is -2.32. The van der Waals surface area contributed by atoms with Gasteiger partial charge in [0.05, 0.1) is 32.5 Å². The summed E-state index contributed by atoms with van der Waals surface area (Å²) in [7, 11) is 5.46. The molecule has 0 saturated carbocycles. The second kappa shape index (κ2) is 9.61. The second-order valence-corrected chi connectivity index (χ2v) is 10.6. The fourth-order valence-electron chi connectivity index (χ4n) is 5.41. The highest BCUT2D eigenvalue weighted by atomic mass is 32.1. The predicted octanol–water partition coefficient (Wildman–Crippen LogP) is 5.68. The molecule has 2 aromatic heterocycles. The van der Waals surface area contributed by atoms with E-state index in [-0.39, 0.29) is 12.1 Å². The summed E-state index contributed by atoms with van der Waals surface area (Å²) < 4.78 is 13.2. The zero-order valence-corrected chi connectivity index (χ0v) is 22.0. The van der Waals surface area contributed by atoms with Gasteiger partial charge in [0.2, 0.25) is 0 Å². The molecular weight excluding hydrogens is 484 g/mol. The maximum atomic E-state index is 14.1. The normalized spacial score (nSPS) is 16.8. The molecule has 2 amide bonds. The quantitative estimate of drug-likeness (QED) is 0.381. The number of rotatable bonds is 4. The van der Waals surface area contributed by atoms with Gasteiger partial charge in [-0.1, -0.05) is 18.2 Å². The lowest BCUT2D eigenvalue weighted by molar-refractivity contribution is 0.194. The van der Waals surface area contributed by atoms with Crippen molar-refractivity contribution in [3.63, 3.8) is 0 Å². The lowest BCUT2D eigenvalue weighted by atomic mass is 10.00. The highest BCUT2D eigenvalue weighted by Gasteiger charge is 2.36. The van der Waals surface area contributed by atoms with Crippen molar-refractivity contribution >= 4 is 23.1 Å². The van der Waals surface area contributed by atoms with Gasteiger partial charge in [0, 0.05) is 41.5 Å². The van der Waals surface area contributed by atoms with Crippen LogP contribution in [-0.4, -0.2) is 48.2 Å². The fourth-order valence-corrected chi connectivity index (χ4v) is 6.85. The number of carbonyl (C=O) groups excluding carboxylic acids is 1. The molecule has 37 heavy (non-hydrogen) atoms. The monoisotopic (exact) mass is 514 g/mol. The molecule has 2 aromatic carbocycles. The molecule has 0 bridgehead atoms. The van der Waals surface area contributed by atoms with Gasteiger partial charge in [0.25, 0.3) is 0 Å². The van der Waals surface area contributed by atoms with E-state index in [0.29, 0.717) is 18.0 Å². The summed E-state index contributed by atoms with van der Waals surface area (Å²) in [5.74, 6) is 1.47. The summed E-state index contributed by atoms with van der Waals surface area (Å²) in [6.45, 7) is 2.48. The number of likely N-dealkylation sites (N-methyl/N-ethyl adjacent to an activating group) is 1. The van der Waals surface area contributed by atoms with Crippen molar-refractivity contribution in [1.82, 2.24) is 14.4 Å². The van der Waals surface area contributed by atoms with E-state index in [4.69, 9.17) is 9.47 Å². The maximum absolute atomic E-state index is 14.1. The topological polar surface area (TPSA) is 59.0 Å². The number of hydrogen-bond acceptors (Lipinski definition) is 5. The van der Waals surface area contributed by atoms with Crippen LogP contribution in [0.1, 0.15) is 33.3 Å². The molecule has 1 N–H and O–H groups in total. The van der Waals surface area contributed by atoms with E-state index in [0.717, 1.165) is 36.5 Å². The smallest absolute Gasteiger partial charge is 0.322 e. The third-order valence-electron chi connectivity index (χ3n) is 7.25. The van der Waals surface area contributed by atoms with Crippen molar-refractivity contribution in [3.8, 4) is 16.5 Å². The Morgan fingerprint density at radius 3 is 2.57 bits per heavy atom. The van der Waals surface area contributed by atoms with Crippen molar-refractivity contribution in [2.75, 3.05) is 33.1 Å². The van der Waals surface area contributed by atoms with Gasteiger partial charge in [-0.3, -0.25) is 0 Å². The summed E-state index contributed by atoms with van der Waals surface area (Å²) in [6, 6.07) is 19.2. The van der Waals surface area contributed by atoms with Gasteiger partial charge in [0.15, 0.2) is 0 Å². The summed E-state index contributed by atoms with van der Waals surface area (Å²) >= 11 is 1.85. The minimum absolute atomic E-state index is 0.158. The molecule has 190 valence electrons. The Balaban J connectivity index is 1.49. The summed E-state index contributed by atoms with van der Waals surface area (Å²) in [4.78, 5) is 19.8. The molecular formula is C29H30N4O3S. The summed E-state index contributed by atoms with van der Waals surface area (Å²) in [6.07, 6.45) is 3.11. The van der Waals surface area contributed by atoms with Gasteiger partial charge in [-0.15, -0.1) is 11.3 Å². The Morgan fingerprint density at radius 1 is 0.973 bits per heavy atom. The highest BCUT2D eigenvalue weighted by Crippen LogP contribution is 2.44. The van der Waals surface area contributed by atoms with Crippen LogP contribution in [0.15, 0.2) is 66.9 Å². The molecule has 6 rings (SSSR count). The van der Waals surface area contributed by atoms with Crippen molar-refractivity contribution in [2.24, 2.45) is 0 Å². The summed E-state index contributed by atoms with van der Waals surface area (Å²) in [5.41, 5.74) is 5.39. The number of aromatic nitrogens is 1. The number of carbonyl (C=O) groups is 1. The third-order valence-corrected chi connectivity index (χ3v) is 8.51. The first-order valence-electron chi connectivity index (χ1n) is 12.4. The predicted molar refractivity (Wildman–Crippen MR) is 146 cm³/mol. The Kier molecular flexibility index (Phi) is 6.14. The van der Waals surface area contributed by atoms with Crippen LogP contribution in [0.2, 0.25) is 0 Å². The molecule has 4 heterocycles. The van der Waals surface area contributed by atoms with Crippen LogP contribution in [0.3, 0.4) is 0 Å². The van der Waals surface area contributed by atoms with Gasteiger partial charge in [-0.2, -0.15) is 0 Å². The van der Waals surface area contributed by atoms with E-state index in [1.54, 1.807) is 14.2 Å². The number of benzene rings is 2. The number of thiophene rings is 1. The first-order chi connectivity index (χ1) is 18.1. The molecule has 7 nitrogen and oxygen atoms in total. The first kappa shape index (κ1) is 23.6. The number of fused-ring (bicyclic) bond motifs is 5. The number of urea groups is 1. The van der Waals surface area contributed by atoms with Crippen molar-refractivity contribution < 1.29 is 14.3 Å². The number of hydrogen-bond donors (Lipinski definition) is 1. The van der Waals surface area contributed by atoms with Crippen LogP contribution < -0.4 is 14.8 Å². The average Bonchev–Trinajstić information content (AvgIpc) is 3.50. The number of amides is 2. The van der Waals surface area contributed by atoms with Crippen LogP contribution in [0.4, 0.5) is 10.5 Å². The zero-order valence-electron chi connectivity index (χ0n) is 21.2. The molecule has 0 fully saturated rings. The van der Waals surface area contributed by atoms with Gasteiger partial charge in [0.1, 0.15) is 16.5 Å². The number of anilines is 1. The Morgan fingerprint density at radius 2 is 1.76 bits per heavy atom. The van der Waals surface area contributed by atoms with Gasteiger partial charge < -0.3 is 29.2 Å². The lowest BCUT2D eigenvalue weighted by Crippen LogP contribution is -2.38. The van der Waals surface area contributed by atoms with Crippen LogP contribution >= 0.6 is 11.3 Å². The first-order valence-corrected chi connectivity index (χ1v) is 13.2. The molecule has 2 aliphatic rings. The van der Waals surface area contributed by atoms with Crippen LogP contribution in [0.25, 0.3) is 5.00 Å². The molecule has 1 unspecified atom stereocenters. The van der Waals surface area contributed by atoms with E-state index in [1.165, 1.54) is 21.0 Å². The van der Waals surface area contributed by atoms with E-state index in [2.05, 4.69) is 46.2 Å². The van der Waals surface area contributed by atoms with Crippen LogP contribution in [0.5, 0.6) is 11.5 Å².